The molecule has 2 atom stereocenters. The van der Waals surface area contributed by atoms with Gasteiger partial charge in [-0.1, -0.05) is 19.3 Å². The number of morpholine rings is 1. The van der Waals surface area contributed by atoms with Crippen LogP contribution in [0.25, 0.3) is 0 Å². The van der Waals surface area contributed by atoms with Gasteiger partial charge in [0.05, 0.1) is 24.2 Å². The predicted octanol–water partition coefficient (Wildman–Crippen LogP) is 1.30. The highest BCUT2D eigenvalue weighted by Crippen LogP contribution is 2.30. The van der Waals surface area contributed by atoms with Crippen LogP contribution in [0.1, 0.15) is 52.4 Å². The van der Waals surface area contributed by atoms with E-state index in [9.17, 15) is 9.90 Å². The molecule has 5 heteroatoms. The van der Waals surface area contributed by atoms with Gasteiger partial charge in [-0.3, -0.25) is 9.69 Å². The smallest absolute Gasteiger partial charge is 0.222 e. The van der Waals surface area contributed by atoms with Crippen molar-refractivity contribution in [3.05, 3.63) is 0 Å². The fourth-order valence-electron chi connectivity index (χ4n) is 3.57. The lowest BCUT2D eigenvalue weighted by Gasteiger charge is -2.35. The molecule has 0 unspecified atom stereocenters. The van der Waals surface area contributed by atoms with E-state index in [2.05, 4.69) is 24.1 Å². The molecule has 1 heterocycles. The van der Waals surface area contributed by atoms with Crippen LogP contribution in [0.2, 0.25) is 0 Å². The van der Waals surface area contributed by atoms with E-state index >= 15 is 0 Å². The van der Waals surface area contributed by atoms with Crippen LogP contribution in [-0.2, 0) is 9.53 Å². The topological polar surface area (TPSA) is 61.8 Å². The van der Waals surface area contributed by atoms with Crippen LogP contribution in [0.3, 0.4) is 0 Å². The Kier molecular flexibility index (Phi) is 6.02. The van der Waals surface area contributed by atoms with Gasteiger partial charge in [0.15, 0.2) is 0 Å². The van der Waals surface area contributed by atoms with Crippen molar-refractivity contribution in [1.82, 2.24) is 10.2 Å². The number of nitrogens with one attached hydrogen (secondary N) is 1. The first-order valence-electron chi connectivity index (χ1n) is 8.34. The summed E-state index contributed by atoms with van der Waals surface area (Å²) in [6.07, 6.45) is 5.54. The molecule has 1 saturated heterocycles. The number of carbonyl (C=O) groups is 1. The van der Waals surface area contributed by atoms with Gasteiger partial charge in [-0.15, -0.1) is 0 Å². The van der Waals surface area contributed by atoms with E-state index in [1.165, 1.54) is 6.42 Å². The van der Waals surface area contributed by atoms with Crippen molar-refractivity contribution in [1.29, 1.82) is 0 Å². The van der Waals surface area contributed by atoms with Gasteiger partial charge in [-0.05, 0) is 26.7 Å². The van der Waals surface area contributed by atoms with Crippen LogP contribution < -0.4 is 5.32 Å². The average molecular weight is 298 g/mol. The lowest BCUT2D eigenvalue weighted by molar-refractivity contribution is -0.127. The molecule has 21 heavy (non-hydrogen) atoms. The fourth-order valence-corrected chi connectivity index (χ4v) is 3.57. The summed E-state index contributed by atoms with van der Waals surface area (Å²) in [5, 5.41) is 13.3. The molecule has 1 aliphatic carbocycles. The lowest BCUT2D eigenvalue weighted by Crippen LogP contribution is -2.48. The number of amides is 1. The fraction of sp³-hybridized carbons (Fsp3) is 0.938. The molecule has 0 aromatic heterocycles. The minimum Gasteiger partial charge on any atom is -0.389 e. The molecule has 1 saturated carbocycles. The number of carbonyl (C=O) groups excluding carboxylic acids is 1. The molecule has 2 rings (SSSR count). The number of nitrogens with zero attached hydrogens (tertiary/aromatic N) is 1. The maximum absolute atomic E-state index is 12.0. The third-order valence-corrected chi connectivity index (χ3v) is 4.52. The van der Waals surface area contributed by atoms with Crippen molar-refractivity contribution in [3.63, 3.8) is 0 Å². The van der Waals surface area contributed by atoms with E-state index in [1.54, 1.807) is 0 Å². The molecule has 2 aliphatic rings. The van der Waals surface area contributed by atoms with Crippen LogP contribution in [0.15, 0.2) is 0 Å². The maximum atomic E-state index is 12.0. The maximum Gasteiger partial charge on any atom is 0.222 e. The zero-order valence-corrected chi connectivity index (χ0v) is 13.4. The molecular weight excluding hydrogens is 268 g/mol. The molecule has 0 radical (unpaired) electrons. The van der Waals surface area contributed by atoms with Gasteiger partial charge in [0.25, 0.3) is 0 Å². The van der Waals surface area contributed by atoms with E-state index in [4.69, 9.17) is 4.74 Å². The molecule has 2 fully saturated rings. The van der Waals surface area contributed by atoms with Crippen molar-refractivity contribution in [3.8, 4) is 0 Å². The Morgan fingerprint density at radius 3 is 2.48 bits per heavy atom. The number of rotatable bonds is 5. The highest BCUT2D eigenvalue weighted by molar-refractivity contribution is 5.77. The predicted molar refractivity (Wildman–Crippen MR) is 82.1 cm³/mol. The van der Waals surface area contributed by atoms with Gasteiger partial charge in [-0.2, -0.15) is 0 Å². The molecule has 1 amide bonds. The van der Waals surface area contributed by atoms with Gasteiger partial charge in [0.1, 0.15) is 0 Å². The van der Waals surface area contributed by atoms with Crippen LogP contribution in [0.4, 0.5) is 0 Å². The van der Waals surface area contributed by atoms with Crippen LogP contribution in [-0.4, -0.2) is 59.9 Å². The summed E-state index contributed by atoms with van der Waals surface area (Å²) in [7, 11) is 0. The van der Waals surface area contributed by atoms with Gasteiger partial charge in [-0.25, -0.2) is 0 Å². The second kappa shape index (κ2) is 7.56. The van der Waals surface area contributed by atoms with E-state index in [0.717, 1.165) is 45.3 Å². The SMILES string of the molecule is C[C@H]1CN(CCNC(=O)CC2(O)CCCCC2)C[C@H](C)O1. The number of hydrogen-bond donors (Lipinski definition) is 2. The number of aliphatic hydroxyl groups is 1. The summed E-state index contributed by atoms with van der Waals surface area (Å²) in [4.78, 5) is 14.3. The minimum absolute atomic E-state index is 0.0197. The first-order chi connectivity index (χ1) is 9.97. The summed E-state index contributed by atoms with van der Waals surface area (Å²) in [6.45, 7) is 7.50. The van der Waals surface area contributed by atoms with E-state index in [0.29, 0.717) is 6.54 Å². The molecule has 0 aromatic carbocycles. The Labute approximate surface area is 128 Å². The summed E-state index contributed by atoms with van der Waals surface area (Å²) in [5.74, 6) is -0.0197. The molecule has 122 valence electrons. The van der Waals surface area contributed by atoms with Crippen molar-refractivity contribution in [2.24, 2.45) is 0 Å². The molecule has 0 aromatic rings. The second-order valence-corrected chi connectivity index (χ2v) is 6.83. The Morgan fingerprint density at radius 1 is 1.24 bits per heavy atom. The monoisotopic (exact) mass is 298 g/mol. The molecule has 1 aliphatic heterocycles. The van der Waals surface area contributed by atoms with Crippen LogP contribution >= 0.6 is 0 Å². The first-order valence-corrected chi connectivity index (χ1v) is 8.34. The second-order valence-electron chi connectivity index (χ2n) is 6.83. The van der Waals surface area contributed by atoms with E-state index < -0.39 is 5.60 Å². The highest BCUT2D eigenvalue weighted by Gasteiger charge is 2.31. The molecule has 0 bridgehead atoms. The third-order valence-electron chi connectivity index (χ3n) is 4.52. The van der Waals surface area contributed by atoms with Gasteiger partial charge in [0.2, 0.25) is 5.91 Å². The van der Waals surface area contributed by atoms with Crippen molar-refractivity contribution >= 4 is 5.91 Å². The average Bonchev–Trinajstić information content (AvgIpc) is 2.37. The molecule has 5 nitrogen and oxygen atoms in total. The Balaban J connectivity index is 1.64. The van der Waals surface area contributed by atoms with Gasteiger partial charge in [0, 0.05) is 26.2 Å². The molecule has 2 N–H and O–H groups in total. The van der Waals surface area contributed by atoms with E-state index in [-0.39, 0.29) is 24.5 Å². The standard InChI is InChI=1S/C16H30N2O3/c1-13-11-18(12-14(2)21-13)9-8-17-15(19)10-16(20)6-4-3-5-7-16/h13-14,20H,3-12H2,1-2H3,(H,17,19)/t13-,14-/m0/s1. The normalized spacial score (nSPS) is 30.0. The third kappa shape index (κ3) is 5.57. The van der Waals surface area contributed by atoms with Crippen molar-refractivity contribution in [2.75, 3.05) is 26.2 Å². The summed E-state index contributed by atoms with van der Waals surface area (Å²) in [5.41, 5.74) is -0.760. The zero-order chi connectivity index (χ0) is 15.3. The molecule has 0 spiro atoms. The van der Waals surface area contributed by atoms with Crippen molar-refractivity contribution in [2.45, 2.75) is 70.2 Å². The Morgan fingerprint density at radius 2 is 1.86 bits per heavy atom. The lowest BCUT2D eigenvalue weighted by atomic mass is 9.82. The summed E-state index contributed by atoms with van der Waals surface area (Å²) < 4.78 is 5.70. The minimum atomic E-state index is -0.760. The quantitative estimate of drug-likeness (QED) is 0.803. The van der Waals surface area contributed by atoms with Gasteiger partial charge < -0.3 is 15.2 Å². The highest BCUT2D eigenvalue weighted by atomic mass is 16.5. The van der Waals surface area contributed by atoms with E-state index in [1.807, 2.05) is 0 Å². The first kappa shape index (κ1) is 16.7. The number of ether oxygens (including phenoxy) is 1. The van der Waals surface area contributed by atoms with Crippen molar-refractivity contribution < 1.29 is 14.6 Å². The largest absolute Gasteiger partial charge is 0.389 e. The van der Waals surface area contributed by atoms with Crippen LogP contribution in [0.5, 0.6) is 0 Å². The van der Waals surface area contributed by atoms with Gasteiger partial charge >= 0.3 is 0 Å². The summed E-state index contributed by atoms with van der Waals surface area (Å²) in [6, 6.07) is 0. The number of hydrogen-bond acceptors (Lipinski definition) is 4. The zero-order valence-electron chi connectivity index (χ0n) is 13.4. The summed E-state index contributed by atoms with van der Waals surface area (Å²) >= 11 is 0. The Hall–Kier alpha value is -0.650. The van der Waals surface area contributed by atoms with Crippen LogP contribution in [0, 0.1) is 0 Å². The Bertz CT molecular complexity index is 332. The molecular formula is C16H30N2O3.